The van der Waals surface area contributed by atoms with Crippen LogP contribution in [0.1, 0.15) is 16.4 Å². The van der Waals surface area contributed by atoms with Crippen molar-refractivity contribution in [2.45, 2.75) is 11.7 Å². The van der Waals surface area contributed by atoms with Gasteiger partial charge >= 0.3 is 5.97 Å². The fourth-order valence-electron chi connectivity index (χ4n) is 3.64. The molecule has 1 aliphatic carbocycles. The van der Waals surface area contributed by atoms with E-state index in [0.29, 0.717) is 11.3 Å². The van der Waals surface area contributed by atoms with E-state index < -0.39 is 27.2 Å². The number of benzene rings is 3. The van der Waals surface area contributed by atoms with Gasteiger partial charge in [-0.2, -0.15) is 0 Å². The monoisotopic (exact) mass is 367 g/mol. The molecule has 0 bridgehead atoms. The zero-order valence-corrected chi connectivity index (χ0v) is 14.6. The van der Waals surface area contributed by atoms with Crippen LogP contribution in [0.4, 0.5) is 5.69 Å². The average Bonchev–Trinajstić information content (AvgIpc) is 3.02. The van der Waals surface area contributed by atoms with Gasteiger partial charge in [-0.3, -0.25) is 9.52 Å². The second-order valence-electron chi connectivity index (χ2n) is 6.48. The summed E-state index contributed by atoms with van der Waals surface area (Å²) in [7, 11) is -3.92. The van der Waals surface area contributed by atoms with Crippen molar-refractivity contribution in [1.29, 1.82) is 0 Å². The minimum atomic E-state index is -3.92. The summed E-state index contributed by atoms with van der Waals surface area (Å²) in [5, 5.41) is 10.3. The summed E-state index contributed by atoms with van der Waals surface area (Å²) in [6.07, 6.45) is 0.217. The summed E-state index contributed by atoms with van der Waals surface area (Å²) in [5.41, 5.74) is 1.76. The van der Waals surface area contributed by atoms with E-state index in [2.05, 4.69) is 4.72 Å². The zero-order valence-electron chi connectivity index (χ0n) is 13.8. The molecule has 0 amide bonds. The van der Waals surface area contributed by atoms with Gasteiger partial charge in [0.2, 0.25) is 10.0 Å². The summed E-state index contributed by atoms with van der Waals surface area (Å²) in [5.74, 6) is -2.10. The molecule has 3 aromatic rings. The van der Waals surface area contributed by atoms with Gasteiger partial charge in [0.15, 0.2) is 0 Å². The summed E-state index contributed by atoms with van der Waals surface area (Å²) in [6, 6.07) is 19.9. The van der Waals surface area contributed by atoms with Gasteiger partial charge in [0.25, 0.3) is 0 Å². The molecule has 2 unspecified atom stereocenters. The summed E-state index contributed by atoms with van der Waals surface area (Å²) in [4.78, 5) is 11.7. The standard InChI is InChI=1S/C20H17NO4S/c22-20(23)18-12-15-7-3-4-8-17(15)19(18)26(24,25)21-16-10-9-13-5-1-2-6-14(13)11-16/h1-11,18-19,21H,12H2,(H,22,23). The third-order valence-electron chi connectivity index (χ3n) is 4.83. The van der Waals surface area contributed by atoms with Crippen molar-refractivity contribution < 1.29 is 18.3 Å². The normalized spacial score (nSPS) is 19.2. The van der Waals surface area contributed by atoms with E-state index in [1.165, 1.54) is 0 Å². The number of carboxylic acid groups (broad SMARTS) is 1. The first kappa shape index (κ1) is 16.6. The highest BCUT2D eigenvalue weighted by molar-refractivity contribution is 7.93. The molecule has 132 valence electrons. The molecule has 26 heavy (non-hydrogen) atoms. The average molecular weight is 367 g/mol. The van der Waals surface area contributed by atoms with Gasteiger partial charge in [0.05, 0.1) is 5.92 Å². The third-order valence-corrected chi connectivity index (χ3v) is 6.60. The van der Waals surface area contributed by atoms with Gasteiger partial charge in [-0.05, 0) is 40.5 Å². The van der Waals surface area contributed by atoms with E-state index in [1.807, 2.05) is 30.3 Å². The lowest BCUT2D eigenvalue weighted by Crippen LogP contribution is -2.29. The van der Waals surface area contributed by atoms with Crippen LogP contribution in [0.25, 0.3) is 10.8 Å². The van der Waals surface area contributed by atoms with Crippen LogP contribution in [-0.4, -0.2) is 19.5 Å². The lowest BCUT2D eigenvalue weighted by Gasteiger charge is -2.19. The number of carboxylic acids is 1. The molecule has 4 rings (SSSR count). The van der Waals surface area contributed by atoms with E-state index in [9.17, 15) is 18.3 Å². The molecule has 1 aliphatic rings. The highest BCUT2D eigenvalue weighted by Gasteiger charge is 2.45. The van der Waals surface area contributed by atoms with Gasteiger partial charge in [-0.15, -0.1) is 0 Å². The molecule has 2 N–H and O–H groups in total. The van der Waals surface area contributed by atoms with Crippen LogP contribution in [0, 0.1) is 5.92 Å². The number of carbonyl (C=O) groups is 1. The third kappa shape index (κ3) is 2.82. The molecule has 0 spiro atoms. The molecule has 6 heteroatoms. The Morgan fingerprint density at radius 1 is 0.962 bits per heavy atom. The zero-order chi connectivity index (χ0) is 18.3. The van der Waals surface area contributed by atoms with Crippen LogP contribution in [0.2, 0.25) is 0 Å². The molecule has 5 nitrogen and oxygen atoms in total. The Morgan fingerprint density at radius 2 is 1.65 bits per heavy atom. The maximum Gasteiger partial charge on any atom is 0.308 e. The van der Waals surface area contributed by atoms with Crippen molar-refractivity contribution in [3.05, 3.63) is 77.9 Å². The SMILES string of the molecule is O=C(O)C1Cc2ccccc2C1S(=O)(=O)Nc1ccc2ccccc2c1. The Hall–Kier alpha value is -2.86. The molecule has 0 heterocycles. The van der Waals surface area contributed by atoms with Crippen LogP contribution in [0.3, 0.4) is 0 Å². The predicted molar refractivity (Wildman–Crippen MR) is 101 cm³/mol. The number of hydrogen-bond donors (Lipinski definition) is 2. The number of nitrogens with one attached hydrogen (secondary N) is 1. The van der Waals surface area contributed by atoms with E-state index in [4.69, 9.17) is 0 Å². The van der Waals surface area contributed by atoms with Gasteiger partial charge in [-0.25, -0.2) is 8.42 Å². The Balaban J connectivity index is 1.73. The van der Waals surface area contributed by atoms with E-state index in [1.54, 1.807) is 36.4 Å². The highest BCUT2D eigenvalue weighted by Crippen LogP contribution is 2.42. The smallest absolute Gasteiger partial charge is 0.308 e. The van der Waals surface area contributed by atoms with Crippen molar-refractivity contribution in [2.24, 2.45) is 5.92 Å². The first-order valence-corrected chi connectivity index (χ1v) is 9.81. The molecule has 0 fully saturated rings. The Labute approximate surface area is 151 Å². The number of aliphatic carboxylic acids is 1. The Kier molecular flexibility index (Phi) is 3.92. The van der Waals surface area contributed by atoms with Crippen LogP contribution in [0.5, 0.6) is 0 Å². The lowest BCUT2D eigenvalue weighted by molar-refractivity contribution is -0.141. The number of fused-ring (bicyclic) bond motifs is 2. The summed E-state index contributed by atoms with van der Waals surface area (Å²) < 4.78 is 28.7. The topological polar surface area (TPSA) is 83.5 Å². The Bertz CT molecular complexity index is 1110. The summed E-state index contributed by atoms with van der Waals surface area (Å²) >= 11 is 0. The molecule has 0 aromatic heterocycles. The van der Waals surface area contributed by atoms with Crippen LogP contribution in [0.15, 0.2) is 66.7 Å². The van der Waals surface area contributed by atoms with Crippen molar-refractivity contribution in [2.75, 3.05) is 4.72 Å². The van der Waals surface area contributed by atoms with Gasteiger partial charge in [-0.1, -0.05) is 54.6 Å². The van der Waals surface area contributed by atoms with Crippen molar-refractivity contribution >= 4 is 32.5 Å². The van der Waals surface area contributed by atoms with Crippen LogP contribution >= 0.6 is 0 Å². The van der Waals surface area contributed by atoms with Crippen molar-refractivity contribution in [1.82, 2.24) is 0 Å². The van der Waals surface area contributed by atoms with E-state index in [-0.39, 0.29) is 6.42 Å². The molecule has 0 saturated carbocycles. The lowest BCUT2D eigenvalue weighted by atomic mass is 10.1. The largest absolute Gasteiger partial charge is 0.481 e. The maximum atomic E-state index is 13.0. The summed E-state index contributed by atoms with van der Waals surface area (Å²) in [6.45, 7) is 0. The molecule has 0 radical (unpaired) electrons. The number of sulfonamides is 1. The number of anilines is 1. The number of hydrogen-bond acceptors (Lipinski definition) is 3. The van der Waals surface area contributed by atoms with Gasteiger partial charge < -0.3 is 5.11 Å². The van der Waals surface area contributed by atoms with Crippen LogP contribution < -0.4 is 4.72 Å². The second-order valence-corrected chi connectivity index (χ2v) is 8.28. The van der Waals surface area contributed by atoms with Gasteiger partial charge in [0.1, 0.15) is 5.25 Å². The quantitative estimate of drug-likeness (QED) is 0.738. The van der Waals surface area contributed by atoms with Crippen LogP contribution in [-0.2, 0) is 21.2 Å². The fourth-order valence-corrected chi connectivity index (χ4v) is 5.43. The maximum absolute atomic E-state index is 13.0. The highest BCUT2D eigenvalue weighted by atomic mass is 32.2. The first-order chi connectivity index (χ1) is 12.5. The fraction of sp³-hybridized carbons (Fsp3) is 0.150. The van der Waals surface area contributed by atoms with E-state index in [0.717, 1.165) is 16.3 Å². The second kappa shape index (κ2) is 6.14. The number of rotatable bonds is 4. The first-order valence-electron chi connectivity index (χ1n) is 8.27. The minimum Gasteiger partial charge on any atom is -0.481 e. The Morgan fingerprint density at radius 3 is 2.42 bits per heavy atom. The molecule has 0 saturated heterocycles. The van der Waals surface area contributed by atoms with Gasteiger partial charge in [0, 0.05) is 5.69 Å². The molecule has 2 atom stereocenters. The van der Waals surface area contributed by atoms with Crippen molar-refractivity contribution in [3.8, 4) is 0 Å². The predicted octanol–water partition coefficient (Wildman–Crippen LogP) is 3.58. The molecular weight excluding hydrogens is 350 g/mol. The minimum absolute atomic E-state index is 0.217. The van der Waals surface area contributed by atoms with Crippen molar-refractivity contribution in [3.63, 3.8) is 0 Å². The molecule has 3 aromatic carbocycles. The molecule has 0 aliphatic heterocycles. The molecular formula is C20H17NO4S. The van der Waals surface area contributed by atoms with E-state index >= 15 is 0 Å².